The number of hydrogen-bond acceptors (Lipinski definition) is 6. The molecule has 8 heteroatoms. The van der Waals surface area contributed by atoms with Gasteiger partial charge in [-0.1, -0.05) is 12.1 Å². The van der Waals surface area contributed by atoms with Crippen molar-refractivity contribution in [3.8, 4) is 0 Å². The minimum absolute atomic E-state index is 0.209. The number of sulfonamides is 1. The average molecular weight is 376 g/mol. The zero-order chi connectivity index (χ0) is 18.6. The predicted molar refractivity (Wildman–Crippen MR) is 102 cm³/mol. The zero-order valence-corrected chi connectivity index (χ0v) is 15.9. The molecule has 1 aliphatic rings. The number of aromatic nitrogens is 1. The number of nitrogens with zero attached hydrogens (tertiary/aromatic N) is 3. The number of ether oxygens (including phenoxy) is 1. The van der Waals surface area contributed by atoms with Gasteiger partial charge in [0.25, 0.3) is 0 Å². The SMILES string of the molecule is CN(C)c1ccc(CNc2ccc(S(=O)(=O)N3CCOCC3)cn2)cc1. The van der Waals surface area contributed by atoms with Crippen LogP contribution >= 0.6 is 0 Å². The Morgan fingerprint density at radius 2 is 1.81 bits per heavy atom. The van der Waals surface area contributed by atoms with E-state index in [0.717, 1.165) is 11.3 Å². The number of morpholine rings is 1. The first kappa shape index (κ1) is 18.6. The van der Waals surface area contributed by atoms with Crippen molar-refractivity contribution in [3.63, 3.8) is 0 Å². The monoisotopic (exact) mass is 376 g/mol. The molecule has 0 radical (unpaired) electrons. The normalized spacial score (nSPS) is 15.6. The van der Waals surface area contributed by atoms with Crippen molar-refractivity contribution in [3.05, 3.63) is 48.2 Å². The van der Waals surface area contributed by atoms with E-state index in [0.29, 0.717) is 38.7 Å². The number of benzene rings is 1. The molecule has 1 fully saturated rings. The number of anilines is 2. The summed E-state index contributed by atoms with van der Waals surface area (Å²) in [6, 6.07) is 11.5. The quantitative estimate of drug-likeness (QED) is 0.828. The second-order valence-corrected chi connectivity index (χ2v) is 8.25. The maximum absolute atomic E-state index is 12.6. The van der Waals surface area contributed by atoms with Crippen molar-refractivity contribution >= 4 is 21.5 Å². The van der Waals surface area contributed by atoms with Gasteiger partial charge in [-0.05, 0) is 29.8 Å². The van der Waals surface area contributed by atoms with Crippen molar-refractivity contribution in [1.82, 2.24) is 9.29 Å². The van der Waals surface area contributed by atoms with Crippen LogP contribution in [0.15, 0.2) is 47.5 Å². The maximum Gasteiger partial charge on any atom is 0.244 e. The molecule has 1 saturated heterocycles. The average Bonchev–Trinajstić information content (AvgIpc) is 2.67. The van der Waals surface area contributed by atoms with E-state index < -0.39 is 10.0 Å². The molecule has 140 valence electrons. The fourth-order valence-corrected chi connectivity index (χ4v) is 4.03. The van der Waals surface area contributed by atoms with Gasteiger partial charge in [0, 0.05) is 45.6 Å². The number of hydrogen-bond donors (Lipinski definition) is 1. The van der Waals surface area contributed by atoms with Crippen molar-refractivity contribution < 1.29 is 13.2 Å². The molecule has 26 heavy (non-hydrogen) atoms. The lowest BCUT2D eigenvalue weighted by Crippen LogP contribution is -2.40. The lowest BCUT2D eigenvalue weighted by molar-refractivity contribution is 0.0730. The van der Waals surface area contributed by atoms with Gasteiger partial charge in [-0.3, -0.25) is 0 Å². The molecule has 0 atom stereocenters. The molecule has 1 aromatic carbocycles. The molecule has 1 aromatic heterocycles. The summed E-state index contributed by atoms with van der Waals surface area (Å²) in [6.07, 6.45) is 1.41. The molecule has 0 saturated carbocycles. The minimum Gasteiger partial charge on any atom is -0.379 e. The van der Waals surface area contributed by atoms with E-state index in [1.807, 2.05) is 19.0 Å². The molecule has 0 amide bonds. The Kier molecular flexibility index (Phi) is 5.75. The third-order valence-electron chi connectivity index (χ3n) is 4.27. The molecule has 0 unspecified atom stereocenters. The highest BCUT2D eigenvalue weighted by atomic mass is 32.2. The van der Waals surface area contributed by atoms with E-state index in [1.165, 1.54) is 10.5 Å². The molecule has 3 rings (SSSR count). The first-order valence-corrected chi connectivity index (χ1v) is 9.95. The summed E-state index contributed by atoms with van der Waals surface area (Å²) in [7, 11) is 0.507. The van der Waals surface area contributed by atoms with Gasteiger partial charge in [-0.2, -0.15) is 4.31 Å². The summed E-state index contributed by atoms with van der Waals surface area (Å²) >= 11 is 0. The maximum atomic E-state index is 12.6. The molecule has 0 spiro atoms. The topological polar surface area (TPSA) is 74.8 Å². The molecular formula is C18H24N4O3S. The Morgan fingerprint density at radius 1 is 1.12 bits per heavy atom. The third kappa shape index (κ3) is 4.32. The lowest BCUT2D eigenvalue weighted by atomic mass is 10.2. The largest absolute Gasteiger partial charge is 0.379 e. The summed E-state index contributed by atoms with van der Waals surface area (Å²) in [5, 5.41) is 3.21. The van der Waals surface area contributed by atoms with Crippen LogP contribution in [0.25, 0.3) is 0 Å². The van der Waals surface area contributed by atoms with Crippen molar-refractivity contribution in [2.24, 2.45) is 0 Å². The zero-order valence-electron chi connectivity index (χ0n) is 15.1. The Labute approximate surface area is 154 Å². The number of nitrogens with one attached hydrogen (secondary N) is 1. The van der Waals surface area contributed by atoms with Gasteiger partial charge >= 0.3 is 0 Å². The number of rotatable bonds is 6. The highest BCUT2D eigenvalue weighted by molar-refractivity contribution is 7.89. The highest BCUT2D eigenvalue weighted by Crippen LogP contribution is 2.18. The van der Waals surface area contributed by atoms with E-state index in [1.54, 1.807) is 12.1 Å². The minimum atomic E-state index is -3.50. The third-order valence-corrected chi connectivity index (χ3v) is 6.15. The van der Waals surface area contributed by atoms with Crippen LogP contribution in [0, 0.1) is 0 Å². The fourth-order valence-electron chi connectivity index (χ4n) is 2.68. The second-order valence-electron chi connectivity index (χ2n) is 6.31. The molecule has 0 aliphatic carbocycles. The molecule has 1 aliphatic heterocycles. The van der Waals surface area contributed by atoms with E-state index in [-0.39, 0.29) is 4.90 Å². The fraction of sp³-hybridized carbons (Fsp3) is 0.389. The Balaban J connectivity index is 1.62. The summed E-state index contributed by atoms with van der Waals surface area (Å²) < 4.78 is 31.8. The molecular weight excluding hydrogens is 352 g/mol. The van der Waals surface area contributed by atoms with Crippen LogP contribution in [0.3, 0.4) is 0 Å². The second kappa shape index (κ2) is 8.03. The summed E-state index contributed by atoms with van der Waals surface area (Å²) in [6.45, 7) is 2.24. The van der Waals surface area contributed by atoms with Gasteiger partial charge < -0.3 is 15.0 Å². The molecule has 0 bridgehead atoms. The van der Waals surface area contributed by atoms with E-state index in [9.17, 15) is 8.42 Å². The van der Waals surface area contributed by atoms with Crippen molar-refractivity contribution in [2.45, 2.75) is 11.4 Å². The van der Waals surface area contributed by atoms with Crippen LogP contribution in [-0.2, 0) is 21.3 Å². The van der Waals surface area contributed by atoms with Gasteiger partial charge in [-0.15, -0.1) is 0 Å². The van der Waals surface area contributed by atoms with Gasteiger partial charge in [0.1, 0.15) is 10.7 Å². The van der Waals surface area contributed by atoms with Crippen LogP contribution in [0.1, 0.15) is 5.56 Å². The number of pyridine rings is 1. The molecule has 2 aromatic rings. The first-order chi connectivity index (χ1) is 12.5. The lowest BCUT2D eigenvalue weighted by Gasteiger charge is -2.25. The summed E-state index contributed by atoms with van der Waals surface area (Å²) in [4.78, 5) is 6.50. The van der Waals surface area contributed by atoms with Gasteiger partial charge in [0.15, 0.2) is 0 Å². The first-order valence-electron chi connectivity index (χ1n) is 8.51. The molecule has 2 heterocycles. The van der Waals surface area contributed by atoms with Crippen molar-refractivity contribution in [2.75, 3.05) is 50.6 Å². The molecule has 7 nitrogen and oxygen atoms in total. The van der Waals surface area contributed by atoms with Gasteiger partial charge in [-0.25, -0.2) is 13.4 Å². The van der Waals surface area contributed by atoms with Crippen LogP contribution in [0.4, 0.5) is 11.5 Å². The van der Waals surface area contributed by atoms with E-state index in [2.05, 4.69) is 34.6 Å². The predicted octanol–water partition coefficient (Wildman–Crippen LogP) is 1.78. The van der Waals surface area contributed by atoms with Crippen molar-refractivity contribution in [1.29, 1.82) is 0 Å². The van der Waals surface area contributed by atoms with Gasteiger partial charge in [0.2, 0.25) is 10.0 Å². The Morgan fingerprint density at radius 3 is 2.38 bits per heavy atom. The van der Waals surface area contributed by atoms with Crippen LogP contribution in [0.2, 0.25) is 0 Å². The highest BCUT2D eigenvalue weighted by Gasteiger charge is 2.26. The van der Waals surface area contributed by atoms with Crippen LogP contribution in [0.5, 0.6) is 0 Å². The molecule has 1 N–H and O–H groups in total. The van der Waals surface area contributed by atoms with Crippen LogP contribution in [-0.4, -0.2) is 58.1 Å². The Hall–Kier alpha value is -2.16. The van der Waals surface area contributed by atoms with Crippen LogP contribution < -0.4 is 10.2 Å². The smallest absolute Gasteiger partial charge is 0.244 e. The van der Waals surface area contributed by atoms with E-state index in [4.69, 9.17) is 4.74 Å². The Bertz CT molecular complexity index is 815. The van der Waals surface area contributed by atoms with Gasteiger partial charge in [0.05, 0.1) is 13.2 Å². The summed E-state index contributed by atoms with van der Waals surface area (Å²) in [5.41, 5.74) is 2.27. The summed E-state index contributed by atoms with van der Waals surface area (Å²) in [5.74, 6) is 0.641. The standard InChI is InChI=1S/C18H24N4O3S/c1-21(2)16-5-3-15(4-6-16)13-19-18-8-7-17(14-20-18)26(23,24)22-9-11-25-12-10-22/h3-8,14H,9-13H2,1-2H3,(H,19,20). The van der Waals surface area contributed by atoms with E-state index >= 15 is 0 Å².